The maximum atomic E-state index is 12.2. The van der Waals surface area contributed by atoms with Crippen molar-refractivity contribution in [2.45, 2.75) is 43.4 Å². The molecule has 1 aliphatic carbocycles. The first-order valence-electron chi connectivity index (χ1n) is 8.56. The fourth-order valence-electron chi connectivity index (χ4n) is 3.20. The number of rotatable bonds is 5. The minimum atomic E-state index is -3.59. The molecule has 4 N–H and O–H groups in total. The molecule has 140 valence electrons. The van der Waals surface area contributed by atoms with E-state index >= 15 is 0 Å². The van der Waals surface area contributed by atoms with E-state index in [9.17, 15) is 13.2 Å². The molecule has 0 aliphatic heterocycles. The summed E-state index contributed by atoms with van der Waals surface area (Å²) in [5.41, 5.74) is 2.02. The number of aryl methyl sites for hydroxylation is 1. The summed E-state index contributed by atoms with van der Waals surface area (Å²) in [6, 6.07) is 6.09. The molecule has 1 aromatic heterocycles. The Balaban J connectivity index is 1.68. The number of anilines is 2. The highest BCUT2D eigenvalue weighted by atomic mass is 32.2. The molecule has 1 aliphatic rings. The van der Waals surface area contributed by atoms with Crippen molar-refractivity contribution in [2.24, 2.45) is 0 Å². The van der Waals surface area contributed by atoms with E-state index < -0.39 is 16.1 Å². The number of aromatic nitrogens is 2. The Morgan fingerprint density at radius 1 is 1.19 bits per heavy atom. The normalized spacial score (nSPS) is 15.2. The summed E-state index contributed by atoms with van der Waals surface area (Å²) in [5, 5.41) is 12.4. The predicted octanol–water partition coefficient (Wildman–Crippen LogP) is 2.93. The van der Waals surface area contributed by atoms with Gasteiger partial charge in [0.1, 0.15) is 0 Å². The van der Waals surface area contributed by atoms with Crippen molar-refractivity contribution in [1.29, 1.82) is 0 Å². The third-order valence-corrected chi connectivity index (χ3v) is 6.19. The number of hydrogen-bond acceptors (Lipinski definition) is 4. The van der Waals surface area contributed by atoms with Gasteiger partial charge in [0.15, 0.2) is 5.82 Å². The van der Waals surface area contributed by atoms with E-state index in [-0.39, 0.29) is 4.90 Å². The highest BCUT2D eigenvalue weighted by molar-refractivity contribution is 7.89. The molecule has 1 fully saturated rings. The van der Waals surface area contributed by atoms with Gasteiger partial charge in [0.05, 0.1) is 4.90 Å². The molecule has 0 atom stereocenters. The lowest BCUT2D eigenvalue weighted by atomic mass is 10.0. The number of sulfonamides is 1. The van der Waals surface area contributed by atoms with Crippen LogP contribution in [0.1, 0.15) is 42.9 Å². The van der Waals surface area contributed by atoms with E-state index in [1.165, 1.54) is 26.0 Å². The molecular formula is C17H23N5O3S. The van der Waals surface area contributed by atoms with E-state index in [2.05, 4.69) is 25.6 Å². The third-order valence-electron chi connectivity index (χ3n) is 4.64. The molecule has 2 amide bonds. The standard InChI is InChI=1S/C17H23N5O3S/c1-11-7-8-13(9-15(11)26(24,25)18-2)19-17(23)20-16-10-14(21-22-16)12-5-3-4-6-12/h7-10,12,18H,3-6H2,1-2H3,(H3,19,20,21,22,23). The minimum Gasteiger partial charge on any atom is -0.308 e. The number of carbonyl (C=O) groups excluding carboxylic acids is 1. The highest BCUT2D eigenvalue weighted by Gasteiger charge is 2.20. The van der Waals surface area contributed by atoms with Crippen molar-refractivity contribution in [2.75, 3.05) is 17.7 Å². The lowest BCUT2D eigenvalue weighted by Gasteiger charge is -2.10. The zero-order chi connectivity index (χ0) is 18.7. The molecule has 0 saturated heterocycles. The summed E-state index contributed by atoms with van der Waals surface area (Å²) >= 11 is 0. The number of urea groups is 1. The average Bonchev–Trinajstić information content (AvgIpc) is 3.27. The Kier molecular flexibility index (Phi) is 5.28. The van der Waals surface area contributed by atoms with Gasteiger partial charge in [-0.2, -0.15) is 5.10 Å². The summed E-state index contributed by atoms with van der Waals surface area (Å²) in [6.07, 6.45) is 4.72. The molecule has 0 bridgehead atoms. The van der Waals surface area contributed by atoms with Crippen molar-refractivity contribution in [3.05, 3.63) is 35.5 Å². The van der Waals surface area contributed by atoms with Gasteiger partial charge in [0.25, 0.3) is 0 Å². The van der Waals surface area contributed by atoms with Crippen LogP contribution in [0, 0.1) is 6.92 Å². The Hall–Kier alpha value is -2.39. The largest absolute Gasteiger partial charge is 0.324 e. The maximum absolute atomic E-state index is 12.2. The van der Waals surface area contributed by atoms with Crippen LogP contribution in [0.4, 0.5) is 16.3 Å². The summed E-state index contributed by atoms with van der Waals surface area (Å²) < 4.78 is 26.3. The summed E-state index contributed by atoms with van der Waals surface area (Å²) in [7, 11) is -2.24. The lowest BCUT2D eigenvalue weighted by Crippen LogP contribution is -2.22. The van der Waals surface area contributed by atoms with Crippen molar-refractivity contribution in [1.82, 2.24) is 14.9 Å². The maximum Gasteiger partial charge on any atom is 0.324 e. The monoisotopic (exact) mass is 377 g/mol. The first-order chi connectivity index (χ1) is 12.4. The van der Waals surface area contributed by atoms with Gasteiger partial charge in [-0.1, -0.05) is 18.9 Å². The van der Waals surface area contributed by atoms with E-state index in [0.29, 0.717) is 23.0 Å². The van der Waals surface area contributed by atoms with Crippen molar-refractivity contribution < 1.29 is 13.2 Å². The Morgan fingerprint density at radius 3 is 2.62 bits per heavy atom. The van der Waals surface area contributed by atoms with Gasteiger partial charge in [0, 0.05) is 23.4 Å². The third kappa shape index (κ3) is 4.05. The molecule has 1 saturated carbocycles. The van der Waals surface area contributed by atoms with E-state index in [0.717, 1.165) is 18.5 Å². The number of amides is 2. The number of benzene rings is 1. The fraction of sp³-hybridized carbons (Fsp3) is 0.412. The molecule has 8 nitrogen and oxygen atoms in total. The van der Waals surface area contributed by atoms with Crippen molar-refractivity contribution in [3.63, 3.8) is 0 Å². The number of H-pyrrole nitrogens is 1. The smallest absolute Gasteiger partial charge is 0.308 e. The molecule has 1 heterocycles. The first-order valence-corrected chi connectivity index (χ1v) is 10.0. The Labute approximate surface area is 152 Å². The lowest BCUT2D eigenvalue weighted by molar-refractivity contribution is 0.262. The molecule has 9 heteroatoms. The van der Waals surface area contributed by atoms with Gasteiger partial charge in [0.2, 0.25) is 10.0 Å². The highest BCUT2D eigenvalue weighted by Crippen LogP contribution is 2.33. The van der Waals surface area contributed by atoms with Crippen LogP contribution < -0.4 is 15.4 Å². The van der Waals surface area contributed by atoms with Crippen LogP contribution >= 0.6 is 0 Å². The van der Waals surface area contributed by atoms with Gasteiger partial charge >= 0.3 is 6.03 Å². The van der Waals surface area contributed by atoms with Crippen molar-refractivity contribution >= 4 is 27.6 Å². The van der Waals surface area contributed by atoms with Crippen LogP contribution in [-0.2, 0) is 10.0 Å². The van der Waals surface area contributed by atoms with E-state index in [1.54, 1.807) is 19.1 Å². The zero-order valence-electron chi connectivity index (χ0n) is 14.8. The van der Waals surface area contributed by atoms with Gasteiger partial charge in [-0.15, -0.1) is 0 Å². The number of hydrogen-bond donors (Lipinski definition) is 4. The van der Waals surface area contributed by atoms with Crippen LogP contribution in [0.5, 0.6) is 0 Å². The fourth-order valence-corrected chi connectivity index (χ4v) is 4.20. The Bertz CT molecular complexity index is 901. The molecule has 3 rings (SSSR count). The van der Waals surface area contributed by atoms with Crippen LogP contribution in [-0.4, -0.2) is 31.7 Å². The van der Waals surface area contributed by atoms with E-state index in [1.807, 2.05) is 6.07 Å². The second-order valence-electron chi connectivity index (χ2n) is 6.46. The summed E-state index contributed by atoms with van der Waals surface area (Å²) in [5.74, 6) is 0.923. The second kappa shape index (κ2) is 7.46. The molecule has 0 spiro atoms. The Morgan fingerprint density at radius 2 is 1.92 bits per heavy atom. The van der Waals surface area contributed by atoms with Gasteiger partial charge < -0.3 is 5.32 Å². The average molecular weight is 377 g/mol. The van der Waals surface area contributed by atoms with Crippen molar-refractivity contribution in [3.8, 4) is 0 Å². The predicted molar refractivity (Wildman–Crippen MR) is 99.9 cm³/mol. The van der Waals surface area contributed by atoms with E-state index in [4.69, 9.17) is 0 Å². The summed E-state index contributed by atoms with van der Waals surface area (Å²) in [4.78, 5) is 12.3. The van der Waals surface area contributed by atoms with Gasteiger partial charge in [-0.3, -0.25) is 10.4 Å². The number of nitrogens with one attached hydrogen (secondary N) is 4. The number of aromatic amines is 1. The summed E-state index contributed by atoms with van der Waals surface area (Å²) in [6.45, 7) is 1.70. The quantitative estimate of drug-likeness (QED) is 0.641. The SMILES string of the molecule is CNS(=O)(=O)c1cc(NC(=O)Nc2cc(C3CCCC3)[nH]n2)ccc1C. The molecule has 26 heavy (non-hydrogen) atoms. The molecule has 1 aromatic carbocycles. The molecule has 0 radical (unpaired) electrons. The van der Waals surface area contributed by atoms with Crippen LogP contribution in [0.25, 0.3) is 0 Å². The van der Waals surface area contributed by atoms with Crippen LogP contribution in [0.15, 0.2) is 29.2 Å². The minimum absolute atomic E-state index is 0.126. The second-order valence-corrected chi connectivity index (χ2v) is 8.31. The molecular weight excluding hydrogens is 354 g/mol. The van der Waals surface area contributed by atoms with Crippen LogP contribution in [0.3, 0.4) is 0 Å². The zero-order valence-corrected chi connectivity index (χ0v) is 15.6. The number of carbonyl (C=O) groups is 1. The van der Waals surface area contributed by atoms with Gasteiger partial charge in [-0.05, 0) is 44.5 Å². The topological polar surface area (TPSA) is 116 Å². The molecule has 2 aromatic rings. The van der Waals surface area contributed by atoms with Crippen LogP contribution in [0.2, 0.25) is 0 Å². The number of nitrogens with zero attached hydrogens (tertiary/aromatic N) is 1. The van der Waals surface area contributed by atoms with Gasteiger partial charge in [-0.25, -0.2) is 17.9 Å². The molecule has 0 unspecified atom stereocenters. The first kappa shape index (κ1) is 18.4.